The number of rotatable bonds is 4. The highest BCUT2D eigenvalue weighted by Crippen LogP contribution is 2.21. The van der Waals surface area contributed by atoms with Crippen LogP contribution in [0, 0.1) is 5.92 Å². The molecule has 0 aliphatic carbocycles. The lowest BCUT2D eigenvalue weighted by atomic mass is 9.88. The predicted octanol–water partition coefficient (Wildman–Crippen LogP) is 0.508. The summed E-state index contributed by atoms with van der Waals surface area (Å²) in [4.78, 5) is 21.5. The summed E-state index contributed by atoms with van der Waals surface area (Å²) in [5, 5.41) is 13.5. The highest BCUT2D eigenvalue weighted by atomic mass is 19.4. The third-order valence-corrected chi connectivity index (χ3v) is 2.92. The van der Waals surface area contributed by atoms with Gasteiger partial charge in [-0.25, -0.2) is 0 Å². The Bertz CT molecular complexity index is 314. The minimum absolute atomic E-state index is 0.242. The SMILES string of the molecule is O=C(O)CC(NC(=O)C(F)(F)F)C1CCNCC1. The third-order valence-electron chi connectivity index (χ3n) is 2.92. The van der Waals surface area contributed by atoms with Gasteiger partial charge in [0.15, 0.2) is 0 Å². The molecule has 1 heterocycles. The van der Waals surface area contributed by atoms with Crippen molar-refractivity contribution in [1.82, 2.24) is 10.6 Å². The number of amides is 1. The topological polar surface area (TPSA) is 78.4 Å². The van der Waals surface area contributed by atoms with Crippen LogP contribution in [0.2, 0.25) is 0 Å². The first-order valence-corrected chi connectivity index (χ1v) is 5.61. The first-order chi connectivity index (χ1) is 8.30. The molecular formula is C10H15F3N2O3. The molecule has 1 fully saturated rings. The molecule has 0 aromatic heterocycles. The fourth-order valence-electron chi connectivity index (χ4n) is 2.02. The van der Waals surface area contributed by atoms with Gasteiger partial charge in [-0.1, -0.05) is 0 Å². The molecule has 1 aliphatic rings. The maximum Gasteiger partial charge on any atom is 0.471 e. The van der Waals surface area contributed by atoms with Gasteiger partial charge in [0.1, 0.15) is 0 Å². The number of halogens is 3. The lowest BCUT2D eigenvalue weighted by molar-refractivity contribution is -0.175. The molecule has 104 valence electrons. The maximum atomic E-state index is 12.1. The van der Waals surface area contributed by atoms with Gasteiger partial charge < -0.3 is 15.7 Å². The second-order valence-electron chi connectivity index (χ2n) is 4.26. The monoisotopic (exact) mass is 268 g/mol. The maximum absolute atomic E-state index is 12.1. The molecule has 1 amide bonds. The summed E-state index contributed by atoms with van der Waals surface area (Å²) in [6.45, 7) is 1.23. The summed E-state index contributed by atoms with van der Waals surface area (Å²) in [5.41, 5.74) is 0. The summed E-state index contributed by atoms with van der Waals surface area (Å²) < 4.78 is 36.4. The van der Waals surface area contributed by atoms with E-state index in [1.807, 2.05) is 0 Å². The van der Waals surface area contributed by atoms with E-state index in [-0.39, 0.29) is 5.92 Å². The van der Waals surface area contributed by atoms with E-state index in [0.717, 1.165) is 0 Å². The van der Waals surface area contributed by atoms with Crippen LogP contribution in [0.5, 0.6) is 0 Å². The van der Waals surface area contributed by atoms with Gasteiger partial charge in [-0.2, -0.15) is 13.2 Å². The smallest absolute Gasteiger partial charge is 0.471 e. The van der Waals surface area contributed by atoms with Crippen LogP contribution in [-0.4, -0.2) is 42.3 Å². The van der Waals surface area contributed by atoms with Crippen LogP contribution < -0.4 is 10.6 Å². The Balaban J connectivity index is 2.65. The number of piperidine rings is 1. The minimum Gasteiger partial charge on any atom is -0.481 e. The molecule has 0 bridgehead atoms. The highest BCUT2D eigenvalue weighted by molar-refractivity contribution is 5.82. The van der Waals surface area contributed by atoms with Crippen molar-refractivity contribution < 1.29 is 27.9 Å². The van der Waals surface area contributed by atoms with Crippen molar-refractivity contribution in [3.8, 4) is 0 Å². The molecule has 1 saturated heterocycles. The van der Waals surface area contributed by atoms with Crippen LogP contribution in [0.4, 0.5) is 13.2 Å². The fourth-order valence-corrected chi connectivity index (χ4v) is 2.02. The van der Waals surface area contributed by atoms with E-state index < -0.39 is 30.5 Å². The molecule has 0 aromatic carbocycles. The zero-order chi connectivity index (χ0) is 13.8. The summed E-state index contributed by atoms with van der Waals surface area (Å²) in [5.74, 6) is -3.54. The third kappa shape index (κ3) is 4.52. The molecule has 1 atom stereocenters. The molecule has 1 unspecified atom stereocenters. The van der Waals surface area contributed by atoms with Gasteiger partial charge in [-0.3, -0.25) is 9.59 Å². The Morgan fingerprint density at radius 2 is 1.89 bits per heavy atom. The average Bonchev–Trinajstić information content (AvgIpc) is 2.27. The second kappa shape index (κ2) is 6.03. The lowest BCUT2D eigenvalue weighted by Crippen LogP contribution is -2.49. The Kier molecular flexibility index (Phi) is 4.94. The van der Waals surface area contributed by atoms with E-state index in [0.29, 0.717) is 25.9 Å². The van der Waals surface area contributed by atoms with Gasteiger partial charge in [0.05, 0.1) is 6.42 Å². The van der Waals surface area contributed by atoms with Gasteiger partial charge >= 0.3 is 18.1 Å². The predicted molar refractivity (Wildman–Crippen MR) is 55.8 cm³/mol. The summed E-state index contributed by atoms with van der Waals surface area (Å²) >= 11 is 0. The molecule has 3 N–H and O–H groups in total. The van der Waals surface area contributed by atoms with Gasteiger partial charge in [-0.05, 0) is 31.8 Å². The molecule has 0 radical (unpaired) electrons. The largest absolute Gasteiger partial charge is 0.481 e. The minimum atomic E-state index is -4.98. The van der Waals surface area contributed by atoms with Crippen LogP contribution in [0.15, 0.2) is 0 Å². The number of aliphatic carboxylic acids is 1. The Labute approximate surface area is 102 Å². The van der Waals surface area contributed by atoms with Crippen LogP contribution >= 0.6 is 0 Å². The van der Waals surface area contributed by atoms with Crippen molar-refractivity contribution in [3.05, 3.63) is 0 Å². The van der Waals surface area contributed by atoms with Gasteiger partial charge in [-0.15, -0.1) is 0 Å². The molecule has 5 nitrogen and oxygen atoms in total. The Morgan fingerprint density at radius 3 is 2.33 bits per heavy atom. The van der Waals surface area contributed by atoms with Gasteiger partial charge in [0.2, 0.25) is 0 Å². The van der Waals surface area contributed by atoms with Crippen LogP contribution in [-0.2, 0) is 9.59 Å². The van der Waals surface area contributed by atoms with Crippen molar-refractivity contribution >= 4 is 11.9 Å². The van der Waals surface area contributed by atoms with E-state index in [4.69, 9.17) is 5.11 Å². The normalized spacial score (nSPS) is 19.3. The summed E-state index contributed by atoms with van der Waals surface area (Å²) in [7, 11) is 0. The standard InChI is InChI=1S/C10H15F3N2O3/c11-10(12,13)9(18)15-7(5-8(16)17)6-1-3-14-4-2-6/h6-7,14H,1-5H2,(H,15,18)(H,16,17). The Hall–Kier alpha value is -1.31. The van der Waals surface area contributed by atoms with Crippen molar-refractivity contribution in [3.63, 3.8) is 0 Å². The number of carbonyl (C=O) groups is 2. The van der Waals surface area contributed by atoms with E-state index in [9.17, 15) is 22.8 Å². The van der Waals surface area contributed by atoms with Crippen molar-refractivity contribution in [2.24, 2.45) is 5.92 Å². The molecule has 1 aliphatic heterocycles. The zero-order valence-corrected chi connectivity index (χ0v) is 9.59. The fraction of sp³-hybridized carbons (Fsp3) is 0.800. The number of carboxylic acid groups (broad SMARTS) is 1. The molecule has 0 aromatic rings. The molecule has 18 heavy (non-hydrogen) atoms. The van der Waals surface area contributed by atoms with Crippen molar-refractivity contribution in [2.45, 2.75) is 31.5 Å². The van der Waals surface area contributed by atoms with Gasteiger partial charge in [0.25, 0.3) is 0 Å². The molecule has 0 spiro atoms. The van der Waals surface area contributed by atoms with Crippen molar-refractivity contribution in [2.75, 3.05) is 13.1 Å². The van der Waals surface area contributed by atoms with Crippen LogP contribution in [0.3, 0.4) is 0 Å². The van der Waals surface area contributed by atoms with Crippen LogP contribution in [0.1, 0.15) is 19.3 Å². The molecule has 0 saturated carbocycles. The number of carboxylic acids is 1. The summed E-state index contributed by atoms with van der Waals surface area (Å²) in [6, 6.07) is -0.973. The van der Waals surface area contributed by atoms with E-state index >= 15 is 0 Å². The highest BCUT2D eigenvalue weighted by Gasteiger charge is 2.41. The van der Waals surface area contributed by atoms with E-state index in [2.05, 4.69) is 5.32 Å². The first-order valence-electron chi connectivity index (χ1n) is 5.61. The number of nitrogens with one attached hydrogen (secondary N) is 2. The second-order valence-corrected chi connectivity index (χ2v) is 4.26. The van der Waals surface area contributed by atoms with Gasteiger partial charge in [0, 0.05) is 6.04 Å². The number of carbonyl (C=O) groups excluding carboxylic acids is 1. The number of hydrogen-bond acceptors (Lipinski definition) is 3. The number of hydrogen-bond donors (Lipinski definition) is 3. The lowest BCUT2D eigenvalue weighted by Gasteiger charge is -2.30. The molecular weight excluding hydrogens is 253 g/mol. The first kappa shape index (κ1) is 14.7. The van der Waals surface area contributed by atoms with Crippen molar-refractivity contribution in [1.29, 1.82) is 0 Å². The number of alkyl halides is 3. The zero-order valence-electron chi connectivity index (χ0n) is 9.59. The summed E-state index contributed by atoms with van der Waals surface area (Å²) in [6.07, 6.45) is -4.37. The van der Waals surface area contributed by atoms with E-state index in [1.165, 1.54) is 0 Å². The molecule has 1 rings (SSSR count). The van der Waals surface area contributed by atoms with Crippen LogP contribution in [0.25, 0.3) is 0 Å². The molecule has 8 heteroatoms. The quantitative estimate of drug-likeness (QED) is 0.694. The van der Waals surface area contributed by atoms with E-state index in [1.54, 1.807) is 5.32 Å². The average molecular weight is 268 g/mol. The Morgan fingerprint density at radius 1 is 1.33 bits per heavy atom.